The highest BCUT2D eigenvalue weighted by Crippen LogP contribution is 2.25. The van der Waals surface area contributed by atoms with Gasteiger partial charge >= 0.3 is 0 Å². The predicted molar refractivity (Wildman–Crippen MR) is 120 cm³/mol. The van der Waals surface area contributed by atoms with Crippen LogP contribution in [0.4, 0.5) is 0 Å². The fraction of sp³-hybridized carbons (Fsp3) is 0.500. The second-order valence-corrected chi connectivity index (χ2v) is 9.11. The molecule has 2 saturated heterocycles. The van der Waals surface area contributed by atoms with Crippen LogP contribution in [0.3, 0.4) is 0 Å². The minimum absolute atomic E-state index is 0.0522. The molecule has 0 unspecified atom stereocenters. The highest BCUT2D eigenvalue weighted by atomic mass is 16.2. The number of hydrogen-bond acceptors (Lipinski definition) is 4. The molecule has 3 atom stereocenters. The molecule has 4 rings (SSSR count). The molecule has 0 aliphatic carbocycles. The maximum absolute atomic E-state index is 13.2. The summed E-state index contributed by atoms with van der Waals surface area (Å²) in [6.45, 7) is 6.48. The molecule has 8 heteroatoms. The van der Waals surface area contributed by atoms with Gasteiger partial charge in [-0.25, -0.2) is 4.68 Å². The Balaban J connectivity index is 1.49. The van der Waals surface area contributed by atoms with E-state index >= 15 is 0 Å². The second kappa shape index (κ2) is 9.14. The van der Waals surface area contributed by atoms with Crippen LogP contribution in [0.2, 0.25) is 0 Å². The van der Waals surface area contributed by atoms with Crippen LogP contribution in [0.15, 0.2) is 36.5 Å². The van der Waals surface area contributed by atoms with E-state index in [0.717, 1.165) is 24.2 Å². The monoisotopic (exact) mass is 437 g/mol. The molecule has 0 bridgehead atoms. The molecule has 170 valence electrons. The van der Waals surface area contributed by atoms with E-state index in [2.05, 4.69) is 22.7 Å². The van der Waals surface area contributed by atoms with Gasteiger partial charge in [-0.15, -0.1) is 0 Å². The van der Waals surface area contributed by atoms with E-state index in [4.69, 9.17) is 0 Å². The molecule has 3 amide bonds. The lowest BCUT2D eigenvalue weighted by Gasteiger charge is -2.35. The zero-order valence-corrected chi connectivity index (χ0v) is 18.9. The summed E-state index contributed by atoms with van der Waals surface area (Å²) in [6.07, 6.45) is 4.24. The summed E-state index contributed by atoms with van der Waals surface area (Å²) >= 11 is 0. The molecule has 1 aromatic carbocycles. The SMILES string of the molecule is CCCc1c(C(=O)N[C@H]2C[C@H]3C(=O)N[C@@H](CC(C)C)C(=O)N3C2)cnn1-c1ccccc1. The van der Waals surface area contributed by atoms with E-state index in [1.807, 2.05) is 48.9 Å². The summed E-state index contributed by atoms with van der Waals surface area (Å²) in [5.41, 5.74) is 2.30. The third-order valence-corrected chi connectivity index (χ3v) is 6.14. The first kappa shape index (κ1) is 22.0. The van der Waals surface area contributed by atoms with Crippen LogP contribution < -0.4 is 10.6 Å². The number of para-hydroxylation sites is 1. The molecular formula is C24H31N5O3. The molecule has 3 heterocycles. The van der Waals surface area contributed by atoms with Gasteiger partial charge in [0.15, 0.2) is 0 Å². The number of carbonyl (C=O) groups excluding carboxylic acids is 3. The first-order chi connectivity index (χ1) is 15.4. The molecule has 0 spiro atoms. The van der Waals surface area contributed by atoms with E-state index in [0.29, 0.717) is 30.9 Å². The Labute approximate surface area is 188 Å². The molecule has 0 saturated carbocycles. The first-order valence-corrected chi connectivity index (χ1v) is 11.4. The number of aromatic nitrogens is 2. The van der Waals surface area contributed by atoms with Crippen molar-refractivity contribution in [2.75, 3.05) is 6.54 Å². The van der Waals surface area contributed by atoms with Crippen LogP contribution in [0.1, 0.15) is 56.1 Å². The Kier molecular flexibility index (Phi) is 6.30. The Morgan fingerprint density at radius 1 is 1.25 bits per heavy atom. The second-order valence-electron chi connectivity index (χ2n) is 9.11. The quantitative estimate of drug-likeness (QED) is 0.693. The third kappa shape index (κ3) is 4.26. The lowest BCUT2D eigenvalue weighted by atomic mass is 9.99. The number of nitrogens with one attached hydrogen (secondary N) is 2. The lowest BCUT2D eigenvalue weighted by Crippen LogP contribution is -2.61. The van der Waals surface area contributed by atoms with Crippen molar-refractivity contribution in [1.82, 2.24) is 25.3 Å². The summed E-state index contributed by atoms with van der Waals surface area (Å²) in [4.78, 5) is 40.2. The molecule has 2 fully saturated rings. The summed E-state index contributed by atoms with van der Waals surface area (Å²) in [5.74, 6) is -0.0942. The fourth-order valence-electron chi connectivity index (χ4n) is 4.69. The van der Waals surface area contributed by atoms with Crippen LogP contribution in [-0.4, -0.2) is 57.1 Å². The maximum Gasteiger partial charge on any atom is 0.255 e. The van der Waals surface area contributed by atoms with Gasteiger partial charge in [0.2, 0.25) is 11.8 Å². The van der Waals surface area contributed by atoms with Crippen LogP contribution in [0.25, 0.3) is 5.69 Å². The average Bonchev–Trinajstić information content (AvgIpc) is 3.37. The zero-order valence-electron chi connectivity index (χ0n) is 18.9. The number of hydrogen-bond donors (Lipinski definition) is 2. The number of nitrogens with zero attached hydrogens (tertiary/aromatic N) is 3. The smallest absolute Gasteiger partial charge is 0.255 e. The van der Waals surface area contributed by atoms with Gasteiger partial charge in [0.1, 0.15) is 12.1 Å². The number of amides is 3. The summed E-state index contributed by atoms with van der Waals surface area (Å²) < 4.78 is 1.81. The molecule has 1 aromatic heterocycles. The van der Waals surface area contributed by atoms with E-state index in [-0.39, 0.29) is 23.8 Å². The van der Waals surface area contributed by atoms with Gasteiger partial charge in [-0.2, -0.15) is 5.10 Å². The van der Waals surface area contributed by atoms with Crippen LogP contribution in [0.5, 0.6) is 0 Å². The van der Waals surface area contributed by atoms with Crippen LogP contribution >= 0.6 is 0 Å². The van der Waals surface area contributed by atoms with Crippen molar-refractivity contribution in [3.05, 3.63) is 47.8 Å². The Morgan fingerprint density at radius 2 is 2.00 bits per heavy atom. The van der Waals surface area contributed by atoms with Crippen molar-refractivity contribution in [3.63, 3.8) is 0 Å². The van der Waals surface area contributed by atoms with Crippen molar-refractivity contribution in [2.24, 2.45) is 5.92 Å². The average molecular weight is 438 g/mol. The molecule has 2 N–H and O–H groups in total. The van der Waals surface area contributed by atoms with Gasteiger partial charge in [-0.05, 0) is 37.3 Å². The van der Waals surface area contributed by atoms with Gasteiger partial charge in [-0.3, -0.25) is 14.4 Å². The molecule has 2 aliphatic rings. The number of fused-ring (bicyclic) bond motifs is 1. The fourth-order valence-corrected chi connectivity index (χ4v) is 4.69. The van der Waals surface area contributed by atoms with Crippen molar-refractivity contribution in [1.29, 1.82) is 0 Å². The normalized spacial score (nSPS) is 22.8. The van der Waals surface area contributed by atoms with Gasteiger partial charge in [0.05, 0.1) is 23.1 Å². The third-order valence-electron chi connectivity index (χ3n) is 6.14. The summed E-state index contributed by atoms with van der Waals surface area (Å²) in [7, 11) is 0. The number of carbonyl (C=O) groups is 3. The zero-order chi connectivity index (χ0) is 22.8. The van der Waals surface area contributed by atoms with E-state index in [9.17, 15) is 14.4 Å². The topological polar surface area (TPSA) is 96.3 Å². The van der Waals surface area contributed by atoms with E-state index < -0.39 is 12.1 Å². The predicted octanol–water partition coefficient (Wildman–Crippen LogP) is 2.07. The molecule has 8 nitrogen and oxygen atoms in total. The number of benzene rings is 1. The maximum atomic E-state index is 13.2. The lowest BCUT2D eigenvalue weighted by molar-refractivity contribution is -0.147. The molecule has 2 aliphatic heterocycles. The Morgan fingerprint density at radius 3 is 2.69 bits per heavy atom. The van der Waals surface area contributed by atoms with E-state index in [1.54, 1.807) is 11.1 Å². The summed E-state index contributed by atoms with van der Waals surface area (Å²) in [5, 5.41) is 10.4. The largest absolute Gasteiger partial charge is 0.347 e. The molecule has 0 radical (unpaired) electrons. The highest BCUT2D eigenvalue weighted by molar-refractivity contribution is 5.98. The van der Waals surface area contributed by atoms with Crippen molar-refractivity contribution < 1.29 is 14.4 Å². The number of piperazine rings is 1. The standard InChI is InChI=1S/C24H31N5O3/c1-4-8-20-18(13-25-29(20)17-9-6-5-7-10-17)22(30)26-16-12-21-23(31)27-19(11-15(2)3)24(32)28(21)14-16/h5-7,9-10,13,15-16,19,21H,4,8,11-12,14H2,1-3H3,(H,26,30)(H,27,31)/t16-,19-,21-/m0/s1. The van der Waals surface area contributed by atoms with Crippen molar-refractivity contribution in [2.45, 2.75) is 64.6 Å². The van der Waals surface area contributed by atoms with Gasteiger partial charge in [0, 0.05) is 12.6 Å². The molecule has 32 heavy (non-hydrogen) atoms. The molecular weight excluding hydrogens is 406 g/mol. The minimum Gasteiger partial charge on any atom is -0.347 e. The van der Waals surface area contributed by atoms with Crippen LogP contribution in [-0.2, 0) is 16.0 Å². The Hall–Kier alpha value is -3.16. The number of rotatable bonds is 7. The molecule has 2 aromatic rings. The summed E-state index contributed by atoms with van der Waals surface area (Å²) in [6, 6.07) is 8.48. The minimum atomic E-state index is -0.515. The highest BCUT2D eigenvalue weighted by Gasteiger charge is 2.46. The first-order valence-electron chi connectivity index (χ1n) is 11.4. The Bertz CT molecular complexity index is 1000. The van der Waals surface area contributed by atoms with Gasteiger partial charge in [0.25, 0.3) is 5.91 Å². The van der Waals surface area contributed by atoms with Crippen molar-refractivity contribution in [3.8, 4) is 5.69 Å². The van der Waals surface area contributed by atoms with E-state index in [1.165, 1.54) is 0 Å². The van der Waals surface area contributed by atoms with Gasteiger partial charge < -0.3 is 15.5 Å². The van der Waals surface area contributed by atoms with Crippen molar-refractivity contribution >= 4 is 17.7 Å². The van der Waals surface area contributed by atoms with Gasteiger partial charge in [-0.1, -0.05) is 45.4 Å². The van der Waals surface area contributed by atoms with Crippen LogP contribution in [0, 0.1) is 5.92 Å².